The molecule has 0 bridgehead atoms. The van der Waals surface area contributed by atoms with Gasteiger partial charge in [-0.05, 0) is 33.2 Å². The Hall–Kier alpha value is -0.101. The van der Waals surface area contributed by atoms with E-state index in [1.54, 1.807) is 0 Å². The van der Waals surface area contributed by atoms with E-state index >= 15 is 0 Å². The maximum absolute atomic E-state index is 5.10. The van der Waals surface area contributed by atoms with Crippen molar-refractivity contribution >= 4 is 12.6 Å². The van der Waals surface area contributed by atoms with E-state index in [1.165, 1.54) is 0 Å². The normalized spacial score (nSPS) is 12.3. The first kappa shape index (κ1) is 15.9. The minimum absolute atomic E-state index is 0. The summed E-state index contributed by atoms with van der Waals surface area (Å²) in [7, 11) is 3.82. The molecule has 0 saturated heterocycles. The average Bonchev–Trinajstić information content (AvgIpc) is 2.17. The summed E-state index contributed by atoms with van der Waals surface area (Å²) in [6, 6.07) is 5.89. The molecule has 0 aliphatic heterocycles. The summed E-state index contributed by atoms with van der Waals surface area (Å²) in [6.07, 6.45) is 0. The summed E-state index contributed by atoms with van der Waals surface area (Å²) >= 11 is 5.10. The molecule has 16 heavy (non-hydrogen) atoms. The number of aryl methyl sites for hydroxylation is 1. The molecule has 6 heteroatoms. The zero-order chi connectivity index (χ0) is 11.3. The zero-order valence-electron chi connectivity index (χ0n) is 9.57. The van der Waals surface area contributed by atoms with Crippen LogP contribution >= 0.6 is 0 Å². The second-order valence-electron chi connectivity index (χ2n) is 3.53. The molecular weight excluding hydrogens is 272 g/mol. The fraction of sp³-hybridized carbons (Fsp3) is 0.500. The van der Waals surface area contributed by atoms with Crippen molar-refractivity contribution in [3.63, 3.8) is 0 Å². The molecule has 0 saturated carbocycles. The third-order valence-electron chi connectivity index (χ3n) is 1.86. The van der Waals surface area contributed by atoms with E-state index in [9.17, 15) is 0 Å². The summed E-state index contributed by atoms with van der Waals surface area (Å²) in [5.74, 6) is 0. The van der Waals surface area contributed by atoms with E-state index in [0.29, 0.717) is 6.54 Å². The maximum atomic E-state index is 5.10. The van der Waals surface area contributed by atoms with Crippen LogP contribution in [-0.2, 0) is 36.2 Å². The molecule has 0 amide bonds. The molecule has 1 heterocycles. The van der Waals surface area contributed by atoms with Crippen LogP contribution in [0.2, 0.25) is 0 Å². The van der Waals surface area contributed by atoms with Gasteiger partial charge in [0.1, 0.15) is 0 Å². The van der Waals surface area contributed by atoms with Crippen molar-refractivity contribution in [2.45, 2.75) is 19.0 Å². The Labute approximate surface area is 113 Å². The predicted molar refractivity (Wildman–Crippen MR) is 64.0 cm³/mol. The van der Waals surface area contributed by atoms with Crippen molar-refractivity contribution in [1.29, 1.82) is 0 Å². The largest absolute Gasteiger partial charge is 2.00 e. The molecule has 4 nitrogen and oxygen atoms in total. The van der Waals surface area contributed by atoms with E-state index in [-0.39, 0.29) is 22.6 Å². The summed E-state index contributed by atoms with van der Waals surface area (Å²) in [5.41, 5.74) is 8.80. The first-order valence-electron chi connectivity index (χ1n) is 4.76. The Bertz CT molecular complexity index is 309. The first-order chi connectivity index (χ1) is 7.09. The zero-order valence-corrected chi connectivity index (χ0v) is 11.3. The molecule has 1 N–H and O–H groups in total. The fourth-order valence-electron chi connectivity index (χ4n) is 1.01. The van der Waals surface area contributed by atoms with E-state index in [4.69, 9.17) is 12.6 Å². The van der Waals surface area contributed by atoms with E-state index in [0.717, 1.165) is 11.4 Å². The standard InChI is InChI=1S/C10H17N4S.Cu/c1-8-5-4-6-9(12-8)7-11-13-10(15)14(2)3;/h4-6,10,13,15H,7H2,1-3H3;/q-1;+2/p-1. The summed E-state index contributed by atoms with van der Waals surface area (Å²) in [6.45, 7) is 2.51. The summed E-state index contributed by atoms with van der Waals surface area (Å²) in [5, 5.41) is 0. The quantitative estimate of drug-likeness (QED) is 0.382. The van der Waals surface area contributed by atoms with Crippen LogP contribution in [0.15, 0.2) is 18.2 Å². The number of rotatable bonds is 5. The Balaban J connectivity index is 0.00000225. The molecule has 1 atom stereocenters. The van der Waals surface area contributed by atoms with Gasteiger partial charge in [-0.15, -0.1) is 0 Å². The molecular formula is C10H16CuN4S. The van der Waals surface area contributed by atoms with Gasteiger partial charge in [0, 0.05) is 11.4 Å². The minimum Gasteiger partial charge on any atom is -0.760 e. The van der Waals surface area contributed by atoms with Gasteiger partial charge in [-0.2, -0.15) is 0 Å². The van der Waals surface area contributed by atoms with Crippen molar-refractivity contribution in [2.24, 2.45) is 0 Å². The van der Waals surface area contributed by atoms with Crippen molar-refractivity contribution in [3.8, 4) is 0 Å². The molecule has 0 aromatic carbocycles. The molecule has 93 valence electrons. The molecule has 0 fully saturated rings. The fourth-order valence-corrected chi connectivity index (χ4v) is 1.08. The van der Waals surface area contributed by atoms with Crippen LogP contribution in [0.5, 0.6) is 0 Å². The van der Waals surface area contributed by atoms with E-state index in [2.05, 4.69) is 15.8 Å². The van der Waals surface area contributed by atoms with Crippen LogP contribution in [0.25, 0.3) is 5.43 Å². The van der Waals surface area contributed by atoms with Crippen LogP contribution in [-0.4, -0.2) is 29.5 Å². The van der Waals surface area contributed by atoms with Crippen LogP contribution in [0.3, 0.4) is 0 Å². The molecule has 1 aromatic rings. The third-order valence-corrected chi connectivity index (χ3v) is 2.38. The monoisotopic (exact) mass is 287 g/mol. The molecule has 0 spiro atoms. The summed E-state index contributed by atoms with van der Waals surface area (Å²) in [4.78, 5) is 6.21. The van der Waals surface area contributed by atoms with Gasteiger partial charge in [-0.25, -0.2) is 0 Å². The maximum Gasteiger partial charge on any atom is 2.00 e. The number of nitrogens with zero attached hydrogens (tertiary/aromatic N) is 3. The van der Waals surface area contributed by atoms with Crippen LogP contribution in [0.4, 0.5) is 0 Å². The van der Waals surface area contributed by atoms with Gasteiger partial charge >= 0.3 is 17.1 Å². The number of aromatic nitrogens is 1. The van der Waals surface area contributed by atoms with Gasteiger partial charge < -0.3 is 28.4 Å². The van der Waals surface area contributed by atoms with Crippen LogP contribution < -0.4 is 5.43 Å². The number of hydrogen-bond donors (Lipinski definition) is 1. The van der Waals surface area contributed by atoms with Crippen molar-refractivity contribution in [1.82, 2.24) is 15.3 Å². The molecule has 1 unspecified atom stereocenters. The molecule has 1 rings (SSSR count). The number of hydrogen-bond acceptors (Lipinski definition) is 4. The molecule has 1 radical (unpaired) electrons. The summed E-state index contributed by atoms with van der Waals surface area (Å²) < 4.78 is 0. The van der Waals surface area contributed by atoms with Gasteiger partial charge in [-0.1, -0.05) is 18.1 Å². The SMILES string of the molecule is Cc1cccc(C[N-]NC([S-])N(C)C)n1.[Cu+2]. The Kier molecular flexibility index (Phi) is 8.01. The van der Waals surface area contributed by atoms with E-state index < -0.39 is 0 Å². The van der Waals surface area contributed by atoms with E-state index in [1.807, 2.05) is 44.1 Å². The third kappa shape index (κ3) is 5.84. The second-order valence-corrected chi connectivity index (χ2v) is 3.98. The van der Waals surface area contributed by atoms with Crippen molar-refractivity contribution in [3.05, 3.63) is 35.0 Å². The number of nitrogens with one attached hydrogen (secondary N) is 1. The predicted octanol–water partition coefficient (Wildman–Crippen LogP) is 1.16. The molecule has 0 aliphatic carbocycles. The Morgan fingerprint density at radius 2 is 2.19 bits per heavy atom. The van der Waals surface area contributed by atoms with Crippen molar-refractivity contribution < 1.29 is 17.1 Å². The smallest absolute Gasteiger partial charge is 0.760 e. The molecule has 1 aromatic heterocycles. The second kappa shape index (κ2) is 8.06. The minimum atomic E-state index is -0.171. The Morgan fingerprint density at radius 1 is 1.50 bits per heavy atom. The first-order valence-corrected chi connectivity index (χ1v) is 5.23. The van der Waals surface area contributed by atoms with Gasteiger partial charge in [0.05, 0.1) is 0 Å². The Morgan fingerprint density at radius 3 is 2.75 bits per heavy atom. The molecule has 0 aliphatic rings. The van der Waals surface area contributed by atoms with Crippen LogP contribution in [0.1, 0.15) is 11.4 Å². The van der Waals surface area contributed by atoms with Gasteiger partial charge in [0.2, 0.25) is 0 Å². The van der Waals surface area contributed by atoms with Gasteiger partial charge in [0.25, 0.3) is 0 Å². The van der Waals surface area contributed by atoms with Crippen LogP contribution in [0, 0.1) is 6.92 Å². The number of pyridine rings is 1. The van der Waals surface area contributed by atoms with Crippen molar-refractivity contribution in [2.75, 3.05) is 14.1 Å². The van der Waals surface area contributed by atoms with Gasteiger partial charge in [-0.3, -0.25) is 4.98 Å². The topological polar surface area (TPSA) is 42.3 Å². The average molecular weight is 288 g/mol. The van der Waals surface area contributed by atoms with Gasteiger partial charge in [0.15, 0.2) is 0 Å².